The molecule has 1 fully saturated rings. The lowest BCUT2D eigenvalue weighted by atomic mass is 9.84. The monoisotopic (exact) mass is 362 g/mol. The van der Waals surface area contributed by atoms with E-state index in [9.17, 15) is 8.42 Å². The number of sulfonamides is 1. The fraction of sp³-hybridized carbons (Fsp3) is 0.625. The Labute approximate surface area is 145 Å². The number of ether oxygens (including phenoxy) is 1. The second kappa shape index (κ2) is 9.59. The van der Waals surface area contributed by atoms with Crippen molar-refractivity contribution in [3.8, 4) is 0 Å². The van der Waals surface area contributed by atoms with Crippen molar-refractivity contribution in [1.82, 2.24) is 4.72 Å². The summed E-state index contributed by atoms with van der Waals surface area (Å²) in [6, 6.07) is 6.66. The number of nitrogens with one attached hydrogen (secondary N) is 1. The first kappa shape index (κ1) is 20.4. The van der Waals surface area contributed by atoms with Gasteiger partial charge in [-0.15, -0.1) is 12.4 Å². The van der Waals surface area contributed by atoms with Gasteiger partial charge in [0.05, 0.1) is 11.5 Å². The van der Waals surface area contributed by atoms with Crippen molar-refractivity contribution in [3.05, 3.63) is 29.8 Å². The summed E-state index contributed by atoms with van der Waals surface area (Å²) in [5, 5.41) is 0. The summed E-state index contributed by atoms with van der Waals surface area (Å²) in [7, 11) is -1.96. The summed E-state index contributed by atoms with van der Waals surface area (Å²) in [6.07, 6.45) is 5.65. The first-order chi connectivity index (χ1) is 10.6. The van der Waals surface area contributed by atoms with Crippen LogP contribution in [0.3, 0.4) is 0 Å². The van der Waals surface area contributed by atoms with E-state index in [1.165, 1.54) is 6.42 Å². The standard InChI is InChI=1S/C16H26N2O3S.ClH/c1-21-12-13-6-5-9-15(10-13)22(19,20)18-16(11-17)14-7-3-2-4-8-14;/h5-6,9-10,14,16,18H,2-4,7-8,11-12,17H2,1H3;1H. The van der Waals surface area contributed by atoms with Gasteiger partial charge in [0.15, 0.2) is 0 Å². The second-order valence-electron chi connectivity index (χ2n) is 5.94. The molecule has 1 unspecified atom stereocenters. The Kier molecular flexibility index (Phi) is 8.50. The molecular formula is C16H27ClN2O3S. The predicted octanol–water partition coefficient (Wildman–Crippen LogP) is 2.44. The third-order valence-corrected chi connectivity index (χ3v) is 5.79. The van der Waals surface area contributed by atoms with Gasteiger partial charge in [0.25, 0.3) is 0 Å². The fourth-order valence-corrected chi connectivity index (χ4v) is 4.50. The van der Waals surface area contributed by atoms with Crippen molar-refractivity contribution < 1.29 is 13.2 Å². The van der Waals surface area contributed by atoms with Crippen LogP contribution < -0.4 is 10.5 Å². The zero-order chi connectivity index (χ0) is 16.0. The van der Waals surface area contributed by atoms with Crippen molar-refractivity contribution in [2.75, 3.05) is 13.7 Å². The van der Waals surface area contributed by atoms with Gasteiger partial charge in [-0.05, 0) is 36.5 Å². The largest absolute Gasteiger partial charge is 0.380 e. The number of rotatable bonds is 7. The molecule has 0 radical (unpaired) electrons. The predicted molar refractivity (Wildman–Crippen MR) is 94.1 cm³/mol. The van der Waals surface area contributed by atoms with Crippen LogP contribution >= 0.6 is 12.4 Å². The van der Waals surface area contributed by atoms with Crippen molar-refractivity contribution in [1.29, 1.82) is 0 Å². The Bertz CT molecular complexity index is 574. The molecule has 0 heterocycles. The quantitative estimate of drug-likeness (QED) is 0.780. The Hall–Kier alpha value is -0.660. The number of nitrogens with two attached hydrogens (primary N) is 1. The van der Waals surface area contributed by atoms with Crippen molar-refractivity contribution in [3.63, 3.8) is 0 Å². The van der Waals surface area contributed by atoms with E-state index in [0.29, 0.717) is 19.1 Å². The SMILES string of the molecule is COCc1cccc(S(=O)(=O)NC(CN)C2CCCCC2)c1.Cl. The van der Waals surface area contributed by atoms with Crippen LogP contribution in [0.1, 0.15) is 37.7 Å². The van der Waals surface area contributed by atoms with Crippen LogP contribution in [0.25, 0.3) is 0 Å². The molecule has 1 aromatic carbocycles. The van der Waals surface area contributed by atoms with E-state index in [0.717, 1.165) is 31.2 Å². The topological polar surface area (TPSA) is 81.4 Å². The Morgan fingerprint density at radius 1 is 1.30 bits per heavy atom. The van der Waals surface area contributed by atoms with Gasteiger partial charge in [-0.1, -0.05) is 31.4 Å². The average molecular weight is 363 g/mol. The highest BCUT2D eigenvalue weighted by atomic mass is 35.5. The number of halogens is 1. The Balaban J connectivity index is 0.00000264. The van der Waals surface area contributed by atoms with E-state index in [1.54, 1.807) is 25.3 Å². The summed E-state index contributed by atoms with van der Waals surface area (Å²) in [5.41, 5.74) is 6.66. The van der Waals surface area contributed by atoms with E-state index in [2.05, 4.69) is 4.72 Å². The minimum absolute atomic E-state index is 0. The van der Waals surface area contributed by atoms with Crippen LogP contribution in [0, 0.1) is 5.92 Å². The highest BCUT2D eigenvalue weighted by molar-refractivity contribution is 7.89. The van der Waals surface area contributed by atoms with Crippen LogP contribution in [0.5, 0.6) is 0 Å². The van der Waals surface area contributed by atoms with E-state index < -0.39 is 10.0 Å². The van der Waals surface area contributed by atoms with Crippen molar-refractivity contribution >= 4 is 22.4 Å². The molecule has 0 aromatic heterocycles. The van der Waals surface area contributed by atoms with Gasteiger partial charge in [-0.2, -0.15) is 0 Å². The third kappa shape index (κ3) is 5.72. The number of hydrogen-bond acceptors (Lipinski definition) is 4. The van der Waals surface area contributed by atoms with Crippen molar-refractivity contribution in [2.45, 2.75) is 49.6 Å². The van der Waals surface area contributed by atoms with Crippen LogP contribution in [0.4, 0.5) is 0 Å². The zero-order valence-corrected chi connectivity index (χ0v) is 15.2. The summed E-state index contributed by atoms with van der Waals surface area (Å²) in [5.74, 6) is 0.343. The molecule has 132 valence electrons. The molecule has 2 rings (SSSR count). The third-order valence-electron chi connectivity index (χ3n) is 4.30. The lowest BCUT2D eigenvalue weighted by Crippen LogP contribution is -2.45. The minimum atomic E-state index is -3.55. The molecule has 1 aliphatic carbocycles. The van der Waals surface area contributed by atoms with E-state index in [4.69, 9.17) is 10.5 Å². The molecule has 0 amide bonds. The van der Waals surface area contributed by atoms with Gasteiger partial charge in [-0.25, -0.2) is 13.1 Å². The minimum Gasteiger partial charge on any atom is -0.380 e. The Morgan fingerprint density at radius 3 is 2.61 bits per heavy atom. The molecule has 0 spiro atoms. The highest BCUT2D eigenvalue weighted by Crippen LogP contribution is 2.27. The normalized spacial score (nSPS) is 17.5. The van der Waals surface area contributed by atoms with Crippen LogP contribution in [0.15, 0.2) is 29.2 Å². The summed E-state index contributed by atoms with van der Waals surface area (Å²) >= 11 is 0. The number of methoxy groups -OCH3 is 1. The maximum absolute atomic E-state index is 12.6. The van der Waals surface area contributed by atoms with Gasteiger partial charge in [0, 0.05) is 19.7 Å². The molecule has 0 bridgehead atoms. The van der Waals surface area contributed by atoms with Crippen LogP contribution in [-0.4, -0.2) is 28.1 Å². The number of hydrogen-bond donors (Lipinski definition) is 2. The molecule has 1 atom stereocenters. The van der Waals surface area contributed by atoms with E-state index in [1.807, 2.05) is 6.07 Å². The average Bonchev–Trinajstić information content (AvgIpc) is 2.54. The van der Waals surface area contributed by atoms with E-state index >= 15 is 0 Å². The molecule has 1 aromatic rings. The maximum atomic E-state index is 12.6. The molecule has 1 aliphatic rings. The molecule has 7 heteroatoms. The highest BCUT2D eigenvalue weighted by Gasteiger charge is 2.27. The van der Waals surface area contributed by atoms with Crippen LogP contribution in [0.2, 0.25) is 0 Å². The summed E-state index contributed by atoms with van der Waals surface area (Å²) in [4.78, 5) is 0.274. The van der Waals surface area contributed by atoms with Crippen molar-refractivity contribution in [2.24, 2.45) is 11.7 Å². The molecule has 5 nitrogen and oxygen atoms in total. The molecule has 1 saturated carbocycles. The smallest absolute Gasteiger partial charge is 0.240 e. The van der Waals surface area contributed by atoms with Gasteiger partial charge in [-0.3, -0.25) is 0 Å². The van der Waals surface area contributed by atoms with Gasteiger partial charge >= 0.3 is 0 Å². The lowest BCUT2D eigenvalue weighted by Gasteiger charge is -2.29. The van der Waals surface area contributed by atoms with Gasteiger partial charge in [0.2, 0.25) is 10.0 Å². The van der Waals surface area contributed by atoms with E-state index in [-0.39, 0.29) is 23.3 Å². The lowest BCUT2D eigenvalue weighted by molar-refractivity contribution is 0.184. The zero-order valence-electron chi connectivity index (χ0n) is 13.5. The molecule has 0 aliphatic heterocycles. The molecular weight excluding hydrogens is 336 g/mol. The summed E-state index contributed by atoms with van der Waals surface area (Å²) < 4.78 is 33.0. The molecule has 23 heavy (non-hydrogen) atoms. The first-order valence-corrected chi connectivity index (χ1v) is 9.35. The Morgan fingerprint density at radius 2 is 2.00 bits per heavy atom. The van der Waals surface area contributed by atoms with Crippen LogP contribution in [-0.2, 0) is 21.4 Å². The van der Waals surface area contributed by atoms with Gasteiger partial charge in [0.1, 0.15) is 0 Å². The van der Waals surface area contributed by atoms with Gasteiger partial charge < -0.3 is 10.5 Å². The summed E-state index contributed by atoms with van der Waals surface area (Å²) in [6.45, 7) is 0.730. The second-order valence-corrected chi connectivity index (χ2v) is 7.66. The number of benzene rings is 1. The maximum Gasteiger partial charge on any atom is 0.240 e. The fourth-order valence-electron chi connectivity index (χ4n) is 3.11. The first-order valence-electron chi connectivity index (χ1n) is 7.87. The molecule has 3 N–H and O–H groups in total. The molecule has 0 saturated heterocycles.